The number of benzene rings is 1. The first kappa shape index (κ1) is 16.1. The van der Waals surface area contributed by atoms with Crippen molar-refractivity contribution >= 4 is 17.2 Å². The maximum atomic E-state index is 11.1. The summed E-state index contributed by atoms with van der Waals surface area (Å²) in [7, 11) is 0. The highest BCUT2D eigenvalue weighted by Gasteiger charge is 2.23. The smallest absolute Gasteiger partial charge is 0.245 e. The van der Waals surface area contributed by atoms with Crippen molar-refractivity contribution in [3.63, 3.8) is 0 Å². The van der Waals surface area contributed by atoms with Crippen LogP contribution in [-0.4, -0.2) is 47.1 Å². The van der Waals surface area contributed by atoms with E-state index < -0.39 is 6.61 Å². The molecule has 23 heavy (non-hydrogen) atoms. The summed E-state index contributed by atoms with van der Waals surface area (Å²) in [6, 6.07) is 10.2. The molecular weight excluding hydrogens is 310 g/mol. The van der Waals surface area contributed by atoms with Gasteiger partial charge in [0, 0.05) is 30.6 Å². The molecule has 0 bridgehead atoms. The highest BCUT2D eigenvalue weighted by atomic mass is 32.1. The summed E-state index contributed by atoms with van der Waals surface area (Å²) < 4.78 is 0. The van der Waals surface area contributed by atoms with Gasteiger partial charge in [-0.2, -0.15) is 0 Å². The van der Waals surface area contributed by atoms with E-state index in [1.165, 1.54) is 0 Å². The van der Waals surface area contributed by atoms with E-state index in [1.807, 2.05) is 18.2 Å². The average Bonchev–Trinajstić information content (AvgIpc) is 3.23. The molecule has 1 aromatic carbocycles. The molecule has 1 fully saturated rings. The van der Waals surface area contributed by atoms with Crippen LogP contribution in [0, 0.1) is 5.92 Å². The number of hydrogen-bond donors (Lipinski definition) is 2. The second kappa shape index (κ2) is 7.68. The number of amides is 1. The van der Waals surface area contributed by atoms with Gasteiger partial charge in [0.05, 0.1) is 5.69 Å². The molecule has 0 radical (unpaired) electrons. The molecule has 2 aromatic rings. The molecule has 2 N–H and O–H groups in total. The Morgan fingerprint density at radius 3 is 3.00 bits per heavy atom. The summed E-state index contributed by atoms with van der Waals surface area (Å²) in [5.41, 5.74) is 2.27. The van der Waals surface area contributed by atoms with E-state index in [0.29, 0.717) is 12.5 Å². The van der Waals surface area contributed by atoms with Crippen LogP contribution in [0.3, 0.4) is 0 Å². The molecule has 0 unspecified atom stereocenters. The van der Waals surface area contributed by atoms with Crippen molar-refractivity contribution in [2.75, 3.05) is 26.2 Å². The molecule has 3 rings (SSSR count). The predicted molar refractivity (Wildman–Crippen MR) is 91.0 cm³/mol. The van der Waals surface area contributed by atoms with Crippen LogP contribution in [0.15, 0.2) is 35.7 Å². The molecule has 1 aliphatic heterocycles. The van der Waals surface area contributed by atoms with Gasteiger partial charge in [-0.25, -0.2) is 4.98 Å². The zero-order valence-corrected chi connectivity index (χ0v) is 13.8. The van der Waals surface area contributed by atoms with E-state index in [1.54, 1.807) is 11.3 Å². The van der Waals surface area contributed by atoms with Gasteiger partial charge in [-0.05, 0) is 18.9 Å². The zero-order chi connectivity index (χ0) is 16.1. The van der Waals surface area contributed by atoms with Crippen LogP contribution >= 0.6 is 11.3 Å². The first-order valence-electron chi connectivity index (χ1n) is 7.84. The van der Waals surface area contributed by atoms with Crippen LogP contribution in [0.2, 0.25) is 0 Å². The molecule has 6 heteroatoms. The number of aromatic nitrogens is 1. The minimum atomic E-state index is -0.433. The van der Waals surface area contributed by atoms with Crippen LogP contribution in [0.4, 0.5) is 0 Å². The van der Waals surface area contributed by atoms with E-state index in [0.717, 1.165) is 42.3 Å². The molecule has 1 atom stereocenters. The molecule has 1 saturated heterocycles. The van der Waals surface area contributed by atoms with Crippen molar-refractivity contribution in [1.82, 2.24) is 15.2 Å². The van der Waals surface area contributed by atoms with Gasteiger partial charge in [-0.3, -0.25) is 9.69 Å². The van der Waals surface area contributed by atoms with Crippen molar-refractivity contribution in [3.05, 3.63) is 41.4 Å². The van der Waals surface area contributed by atoms with E-state index in [4.69, 9.17) is 10.1 Å². The third kappa shape index (κ3) is 4.37. The van der Waals surface area contributed by atoms with E-state index >= 15 is 0 Å². The van der Waals surface area contributed by atoms with E-state index in [9.17, 15) is 4.79 Å². The summed E-state index contributed by atoms with van der Waals surface area (Å²) in [5, 5.41) is 14.7. The lowest BCUT2D eigenvalue weighted by molar-refractivity contribution is -0.123. The predicted octanol–water partition coefficient (Wildman–Crippen LogP) is 1.74. The van der Waals surface area contributed by atoms with Crippen molar-refractivity contribution in [3.8, 4) is 10.6 Å². The number of nitrogens with zero attached hydrogens (tertiary/aromatic N) is 2. The quantitative estimate of drug-likeness (QED) is 0.846. The highest BCUT2D eigenvalue weighted by Crippen LogP contribution is 2.25. The molecule has 1 amide bonds. The molecule has 0 aliphatic carbocycles. The van der Waals surface area contributed by atoms with Gasteiger partial charge < -0.3 is 10.4 Å². The number of rotatable bonds is 6. The molecular formula is C17H21N3O2S. The Kier molecular flexibility index (Phi) is 5.38. The number of likely N-dealkylation sites (tertiary alicyclic amines) is 1. The van der Waals surface area contributed by atoms with Crippen LogP contribution in [0.25, 0.3) is 10.6 Å². The zero-order valence-electron chi connectivity index (χ0n) is 12.9. The summed E-state index contributed by atoms with van der Waals surface area (Å²) in [5.74, 6) is 0.160. The first-order valence-corrected chi connectivity index (χ1v) is 8.72. The van der Waals surface area contributed by atoms with Gasteiger partial charge in [0.25, 0.3) is 0 Å². The van der Waals surface area contributed by atoms with Gasteiger partial charge in [-0.15, -0.1) is 11.3 Å². The van der Waals surface area contributed by atoms with Crippen LogP contribution in [0.1, 0.15) is 12.1 Å². The number of aliphatic hydroxyl groups excluding tert-OH is 1. The standard InChI is InChI=1S/C17H21N3O2S/c21-11-16(22)18-8-13-6-7-20(9-13)10-15-12-23-17(19-15)14-4-2-1-3-5-14/h1-5,12-13,21H,6-11H2,(H,18,22)/t13-/m1/s1. The van der Waals surface area contributed by atoms with Crippen LogP contribution in [0.5, 0.6) is 0 Å². The molecule has 5 nitrogen and oxygen atoms in total. The largest absolute Gasteiger partial charge is 0.387 e. The van der Waals surface area contributed by atoms with Gasteiger partial charge in [0.2, 0.25) is 5.91 Å². The van der Waals surface area contributed by atoms with E-state index in [-0.39, 0.29) is 5.91 Å². The molecule has 122 valence electrons. The Morgan fingerprint density at radius 1 is 1.39 bits per heavy atom. The van der Waals surface area contributed by atoms with Gasteiger partial charge in [0.1, 0.15) is 11.6 Å². The lowest BCUT2D eigenvalue weighted by Crippen LogP contribution is -2.32. The fraction of sp³-hybridized carbons (Fsp3) is 0.412. The number of aliphatic hydroxyl groups is 1. The molecule has 1 aromatic heterocycles. The van der Waals surface area contributed by atoms with Gasteiger partial charge >= 0.3 is 0 Å². The summed E-state index contributed by atoms with van der Waals surface area (Å²) in [6.07, 6.45) is 1.07. The normalized spacial score (nSPS) is 18.2. The third-order valence-corrected chi connectivity index (χ3v) is 5.00. The molecule has 0 saturated carbocycles. The molecule has 1 aliphatic rings. The monoisotopic (exact) mass is 331 g/mol. The lowest BCUT2D eigenvalue weighted by atomic mass is 10.1. The molecule has 2 heterocycles. The average molecular weight is 331 g/mol. The maximum Gasteiger partial charge on any atom is 0.245 e. The number of thiazole rings is 1. The van der Waals surface area contributed by atoms with Crippen molar-refractivity contribution in [2.45, 2.75) is 13.0 Å². The fourth-order valence-electron chi connectivity index (χ4n) is 2.86. The summed E-state index contributed by atoms with van der Waals surface area (Å²) in [6.45, 7) is 3.05. The van der Waals surface area contributed by atoms with Crippen molar-refractivity contribution < 1.29 is 9.90 Å². The van der Waals surface area contributed by atoms with Crippen molar-refractivity contribution in [2.24, 2.45) is 5.92 Å². The Hall–Kier alpha value is -1.76. The number of carbonyl (C=O) groups is 1. The summed E-state index contributed by atoms with van der Waals surface area (Å²) in [4.78, 5) is 18.2. The number of hydrogen-bond acceptors (Lipinski definition) is 5. The Bertz CT molecular complexity index is 644. The summed E-state index contributed by atoms with van der Waals surface area (Å²) >= 11 is 1.68. The number of carbonyl (C=O) groups excluding carboxylic acids is 1. The number of nitrogens with one attached hydrogen (secondary N) is 1. The second-order valence-electron chi connectivity index (χ2n) is 5.86. The minimum absolute atomic E-state index is 0.296. The highest BCUT2D eigenvalue weighted by molar-refractivity contribution is 7.13. The Morgan fingerprint density at radius 2 is 2.22 bits per heavy atom. The van der Waals surface area contributed by atoms with Crippen molar-refractivity contribution in [1.29, 1.82) is 0 Å². The topological polar surface area (TPSA) is 65.5 Å². The van der Waals surface area contributed by atoms with Crippen LogP contribution in [-0.2, 0) is 11.3 Å². The minimum Gasteiger partial charge on any atom is -0.387 e. The lowest BCUT2D eigenvalue weighted by Gasteiger charge is -2.14. The fourth-order valence-corrected chi connectivity index (χ4v) is 3.68. The second-order valence-corrected chi connectivity index (χ2v) is 6.72. The van der Waals surface area contributed by atoms with Gasteiger partial charge in [-0.1, -0.05) is 30.3 Å². The Labute approximate surface area is 140 Å². The maximum absolute atomic E-state index is 11.1. The SMILES string of the molecule is O=C(CO)NC[C@H]1CCN(Cc2csc(-c3ccccc3)n2)C1. The van der Waals surface area contributed by atoms with Gasteiger partial charge in [0.15, 0.2) is 0 Å². The van der Waals surface area contributed by atoms with Crippen LogP contribution < -0.4 is 5.32 Å². The van der Waals surface area contributed by atoms with E-state index in [2.05, 4.69) is 27.7 Å². The Balaban J connectivity index is 1.51. The third-order valence-electron chi connectivity index (χ3n) is 4.06. The molecule has 0 spiro atoms. The first-order chi connectivity index (χ1) is 11.2.